The zero-order chi connectivity index (χ0) is 11.4. The van der Waals surface area contributed by atoms with E-state index in [-0.39, 0.29) is 31.6 Å². The Labute approximate surface area is 115 Å². The van der Waals surface area contributed by atoms with Crippen LogP contribution in [0.15, 0.2) is 60.7 Å². The molecule has 0 saturated carbocycles. The van der Waals surface area contributed by atoms with Gasteiger partial charge >= 0.3 is 19.5 Å². The van der Waals surface area contributed by atoms with Gasteiger partial charge in [0.2, 0.25) is 0 Å². The third-order valence-corrected chi connectivity index (χ3v) is 2.76. The molecule has 2 aromatic rings. The van der Waals surface area contributed by atoms with Crippen molar-refractivity contribution in [1.29, 1.82) is 0 Å². The van der Waals surface area contributed by atoms with E-state index in [2.05, 4.69) is 0 Å². The van der Waals surface area contributed by atoms with E-state index >= 15 is 0 Å². The van der Waals surface area contributed by atoms with Crippen LogP contribution in [0.2, 0.25) is 0 Å². The number of hydrogen-bond donors (Lipinski definition) is 2. The van der Waals surface area contributed by atoms with E-state index in [0.717, 1.165) is 11.1 Å². The second kappa shape index (κ2) is 6.65. The van der Waals surface area contributed by atoms with Crippen molar-refractivity contribution < 1.29 is 19.5 Å². The Morgan fingerprint density at radius 1 is 0.588 bits per heavy atom. The molecule has 88 valence electrons. The third-order valence-electron chi connectivity index (χ3n) is 2.76. The Morgan fingerprint density at radius 3 is 1.18 bits per heavy atom. The topological polar surface area (TPSA) is 52.0 Å². The van der Waals surface area contributed by atoms with Crippen LogP contribution < -0.4 is 11.5 Å². The molecule has 0 aliphatic heterocycles. The Balaban J connectivity index is 0.00000144. The molecule has 2 atom stereocenters. The summed E-state index contributed by atoms with van der Waals surface area (Å²) in [5.74, 6) is 0. The number of benzene rings is 2. The van der Waals surface area contributed by atoms with Gasteiger partial charge < -0.3 is 11.5 Å². The van der Waals surface area contributed by atoms with Crippen molar-refractivity contribution in [1.82, 2.24) is 0 Å². The molecule has 0 fully saturated rings. The summed E-state index contributed by atoms with van der Waals surface area (Å²) in [7, 11) is 0. The molecule has 4 N–H and O–H groups in total. The summed E-state index contributed by atoms with van der Waals surface area (Å²) < 4.78 is 0. The van der Waals surface area contributed by atoms with Gasteiger partial charge in [-0.15, -0.1) is 0 Å². The number of rotatable bonds is 3. The molecule has 0 aliphatic rings. The van der Waals surface area contributed by atoms with Gasteiger partial charge in [-0.1, -0.05) is 60.7 Å². The SMILES string of the molecule is N[C@H](c1ccccc1)[C@H](N)c1ccccc1.[Ru+2]. The first-order valence-corrected chi connectivity index (χ1v) is 5.40. The maximum atomic E-state index is 6.15. The molecule has 0 aromatic heterocycles. The monoisotopic (exact) mass is 314 g/mol. The molecule has 0 bridgehead atoms. The van der Waals surface area contributed by atoms with Crippen LogP contribution >= 0.6 is 0 Å². The molecular formula is C14H16N2Ru+2. The van der Waals surface area contributed by atoms with Gasteiger partial charge in [0.1, 0.15) is 0 Å². The van der Waals surface area contributed by atoms with Gasteiger partial charge in [0, 0.05) is 12.1 Å². The molecular weight excluding hydrogens is 297 g/mol. The summed E-state index contributed by atoms with van der Waals surface area (Å²) in [6, 6.07) is 19.6. The number of nitrogens with two attached hydrogens (primary N) is 2. The van der Waals surface area contributed by atoms with E-state index < -0.39 is 0 Å². The summed E-state index contributed by atoms with van der Waals surface area (Å²) in [4.78, 5) is 0. The van der Waals surface area contributed by atoms with Gasteiger partial charge in [0.05, 0.1) is 0 Å². The molecule has 0 heterocycles. The first-order chi connectivity index (χ1) is 7.79. The second-order valence-electron chi connectivity index (χ2n) is 3.87. The molecule has 3 heteroatoms. The first-order valence-electron chi connectivity index (χ1n) is 5.40. The van der Waals surface area contributed by atoms with E-state index in [1.165, 1.54) is 0 Å². The van der Waals surface area contributed by atoms with Gasteiger partial charge in [-0.2, -0.15) is 0 Å². The van der Waals surface area contributed by atoms with Crippen LogP contribution in [0.25, 0.3) is 0 Å². The molecule has 0 unspecified atom stereocenters. The molecule has 17 heavy (non-hydrogen) atoms. The normalized spacial score (nSPS) is 13.5. The average molecular weight is 313 g/mol. The molecule has 0 aliphatic carbocycles. The Kier molecular flexibility index (Phi) is 5.50. The van der Waals surface area contributed by atoms with Crippen LogP contribution in [0, 0.1) is 0 Å². The summed E-state index contributed by atoms with van der Waals surface area (Å²) in [6.45, 7) is 0. The fourth-order valence-corrected chi connectivity index (χ4v) is 1.77. The van der Waals surface area contributed by atoms with Crippen LogP contribution in [0.5, 0.6) is 0 Å². The first kappa shape index (κ1) is 14.0. The van der Waals surface area contributed by atoms with Gasteiger partial charge in [-0.05, 0) is 11.1 Å². The van der Waals surface area contributed by atoms with Crippen molar-refractivity contribution in [2.45, 2.75) is 12.1 Å². The summed E-state index contributed by atoms with van der Waals surface area (Å²) >= 11 is 0. The minimum Gasteiger partial charge on any atom is -0.322 e. The zero-order valence-corrected chi connectivity index (χ0v) is 11.2. The van der Waals surface area contributed by atoms with Crippen LogP contribution in [0.3, 0.4) is 0 Å². The van der Waals surface area contributed by atoms with E-state index in [4.69, 9.17) is 11.5 Å². The predicted octanol–water partition coefficient (Wildman–Crippen LogP) is 2.38. The molecule has 0 spiro atoms. The van der Waals surface area contributed by atoms with Crippen molar-refractivity contribution >= 4 is 0 Å². The van der Waals surface area contributed by atoms with Gasteiger partial charge in [-0.3, -0.25) is 0 Å². The largest absolute Gasteiger partial charge is 2.00 e. The van der Waals surface area contributed by atoms with Gasteiger partial charge in [0.25, 0.3) is 0 Å². The van der Waals surface area contributed by atoms with Gasteiger partial charge in [-0.25, -0.2) is 0 Å². The predicted molar refractivity (Wildman–Crippen MR) is 66.7 cm³/mol. The van der Waals surface area contributed by atoms with Crippen molar-refractivity contribution in [3.8, 4) is 0 Å². The van der Waals surface area contributed by atoms with Gasteiger partial charge in [0.15, 0.2) is 0 Å². The molecule has 0 radical (unpaired) electrons. The third kappa shape index (κ3) is 3.47. The van der Waals surface area contributed by atoms with E-state index in [1.54, 1.807) is 0 Å². The molecule has 0 saturated heterocycles. The maximum Gasteiger partial charge on any atom is 2.00 e. The Morgan fingerprint density at radius 2 is 0.882 bits per heavy atom. The molecule has 2 rings (SSSR count). The smallest absolute Gasteiger partial charge is 0.322 e. The van der Waals surface area contributed by atoms with Crippen LogP contribution in [-0.2, 0) is 19.5 Å². The van der Waals surface area contributed by atoms with Crippen LogP contribution in [-0.4, -0.2) is 0 Å². The van der Waals surface area contributed by atoms with E-state index in [0.29, 0.717) is 0 Å². The fourth-order valence-electron chi connectivity index (χ4n) is 1.77. The van der Waals surface area contributed by atoms with Crippen molar-refractivity contribution in [2.24, 2.45) is 11.5 Å². The Hall–Kier alpha value is -1.02. The van der Waals surface area contributed by atoms with E-state index in [1.807, 2.05) is 60.7 Å². The quantitative estimate of drug-likeness (QED) is 0.855. The molecule has 2 aromatic carbocycles. The van der Waals surface area contributed by atoms with Crippen molar-refractivity contribution in [3.63, 3.8) is 0 Å². The molecule has 2 nitrogen and oxygen atoms in total. The second-order valence-corrected chi connectivity index (χ2v) is 3.87. The molecule has 0 amide bonds. The van der Waals surface area contributed by atoms with Crippen molar-refractivity contribution in [3.05, 3.63) is 71.8 Å². The number of hydrogen-bond acceptors (Lipinski definition) is 2. The standard InChI is InChI=1S/C14H16N2.Ru/c15-13(11-7-3-1-4-8-11)14(16)12-9-5-2-6-10-12;/h1-10,13-14H,15-16H2;/q;+2/t13-,14-;/m1./s1. The van der Waals surface area contributed by atoms with Crippen molar-refractivity contribution in [2.75, 3.05) is 0 Å². The van der Waals surface area contributed by atoms with E-state index in [9.17, 15) is 0 Å². The van der Waals surface area contributed by atoms with Crippen LogP contribution in [0.1, 0.15) is 23.2 Å². The minimum atomic E-state index is -0.163. The minimum absolute atomic E-state index is 0. The summed E-state index contributed by atoms with van der Waals surface area (Å²) in [5.41, 5.74) is 14.4. The average Bonchev–Trinajstić information content (AvgIpc) is 2.39. The zero-order valence-electron chi connectivity index (χ0n) is 9.44. The fraction of sp³-hybridized carbons (Fsp3) is 0.143. The van der Waals surface area contributed by atoms with Crippen LogP contribution in [0.4, 0.5) is 0 Å². The maximum absolute atomic E-state index is 6.15. The summed E-state index contributed by atoms with van der Waals surface area (Å²) in [6.07, 6.45) is 0. The Bertz CT molecular complexity index is 387. The summed E-state index contributed by atoms with van der Waals surface area (Å²) in [5, 5.41) is 0.